The standard InChI is InChI=1S/C24H29N3O5S2/c1-17-5-4-12-26(16-17)34(29,30)20-9-6-18(7-10-20)23(28)25-24-27(13-14-31-2)21-11-8-19(32-3)15-22(21)33-24/h6-11,15,17H,4-5,12-14,16H2,1-3H3/t17-/m1/s1. The van der Waals surface area contributed by atoms with Crippen LogP contribution in [0.15, 0.2) is 52.4 Å². The Bertz CT molecular complexity index is 1340. The maximum Gasteiger partial charge on any atom is 0.279 e. The van der Waals surface area contributed by atoms with E-state index < -0.39 is 15.9 Å². The summed E-state index contributed by atoms with van der Waals surface area (Å²) >= 11 is 1.39. The lowest BCUT2D eigenvalue weighted by molar-refractivity contribution is 0.0997. The van der Waals surface area contributed by atoms with E-state index in [4.69, 9.17) is 9.47 Å². The molecule has 2 aromatic carbocycles. The molecule has 0 aliphatic carbocycles. The van der Waals surface area contributed by atoms with Gasteiger partial charge in [0.1, 0.15) is 5.75 Å². The van der Waals surface area contributed by atoms with Gasteiger partial charge in [-0.25, -0.2) is 8.42 Å². The fraction of sp³-hybridized carbons (Fsp3) is 0.417. The minimum absolute atomic E-state index is 0.197. The van der Waals surface area contributed by atoms with Crippen LogP contribution in [0, 0.1) is 5.92 Å². The molecule has 0 radical (unpaired) electrons. The molecule has 3 aromatic rings. The molecular weight excluding hydrogens is 474 g/mol. The minimum atomic E-state index is -3.57. The van der Waals surface area contributed by atoms with Gasteiger partial charge in [-0.3, -0.25) is 4.79 Å². The van der Waals surface area contributed by atoms with Crippen molar-refractivity contribution in [3.8, 4) is 5.75 Å². The number of aromatic nitrogens is 1. The van der Waals surface area contributed by atoms with Crippen molar-refractivity contribution in [1.29, 1.82) is 0 Å². The highest BCUT2D eigenvalue weighted by atomic mass is 32.2. The van der Waals surface area contributed by atoms with Gasteiger partial charge in [0.15, 0.2) is 4.80 Å². The molecule has 1 aliphatic heterocycles. The largest absolute Gasteiger partial charge is 0.497 e. The summed E-state index contributed by atoms with van der Waals surface area (Å²) in [6.07, 6.45) is 1.90. The zero-order chi connectivity index (χ0) is 24.3. The first-order valence-corrected chi connectivity index (χ1v) is 13.4. The molecule has 4 rings (SSSR count). The summed E-state index contributed by atoms with van der Waals surface area (Å²) in [6.45, 7) is 4.13. The van der Waals surface area contributed by atoms with Crippen molar-refractivity contribution < 1.29 is 22.7 Å². The van der Waals surface area contributed by atoms with Gasteiger partial charge in [0.2, 0.25) is 10.0 Å². The van der Waals surface area contributed by atoms with Gasteiger partial charge >= 0.3 is 0 Å². The number of nitrogens with zero attached hydrogens (tertiary/aromatic N) is 3. The maximum atomic E-state index is 13.0. The molecule has 0 bridgehead atoms. The number of rotatable bonds is 7. The summed E-state index contributed by atoms with van der Waals surface area (Å²) < 4.78 is 41.0. The van der Waals surface area contributed by atoms with Crippen molar-refractivity contribution in [2.75, 3.05) is 33.9 Å². The summed E-state index contributed by atoms with van der Waals surface area (Å²) in [4.78, 5) is 18.1. The van der Waals surface area contributed by atoms with Gasteiger partial charge in [0.25, 0.3) is 5.91 Å². The van der Waals surface area contributed by atoms with E-state index in [2.05, 4.69) is 11.9 Å². The number of piperidine rings is 1. The first-order valence-electron chi connectivity index (χ1n) is 11.2. The fourth-order valence-electron chi connectivity index (χ4n) is 4.10. The Balaban J connectivity index is 1.64. The highest BCUT2D eigenvalue weighted by molar-refractivity contribution is 7.89. The molecule has 182 valence electrons. The molecule has 0 N–H and O–H groups in total. The number of amides is 1. The highest BCUT2D eigenvalue weighted by Crippen LogP contribution is 2.25. The smallest absolute Gasteiger partial charge is 0.279 e. The first-order chi connectivity index (χ1) is 16.3. The molecule has 1 aromatic heterocycles. The average molecular weight is 504 g/mol. The van der Waals surface area contributed by atoms with Crippen LogP contribution in [0.25, 0.3) is 10.2 Å². The van der Waals surface area contributed by atoms with E-state index in [1.54, 1.807) is 14.2 Å². The van der Waals surface area contributed by atoms with Crippen molar-refractivity contribution in [1.82, 2.24) is 8.87 Å². The number of sulfonamides is 1. The SMILES string of the molecule is COCCn1c(=NC(=O)c2ccc(S(=O)(=O)N3CCC[C@@H](C)C3)cc2)sc2cc(OC)ccc21. The van der Waals surface area contributed by atoms with Crippen LogP contribution in [0.2, 0.25) is 0 Å². The molecule has 0 spiro atoms. The molecule has 2 heterocycles. The predicted molar refractivity (Wildman–Crippen MR) is 132 cm³/mol. The summed E-state index contributed by atoms with van der Waals surface area (Å²) in [5, 5.41) is 0. The quantitative estimate of drug-likeness (QED) is 0.492. The zero-order valence-electron chi connectivity index (χ0n) is 19.6. The summed E-state index contributed by atoms with van der Waals surface area (Å²) in [5.74, 6) is 0.639. The van der Waals surface area contributed by atoms with Gasteiger partial charge in [-0.2, -0.15) is 9.30 Å². The Morgan fingerprint density at radius 1 is 1.18 bits per heavy atom. The number of carbonyl (C=O) groups is 1. The zero-order valence-corrected chi connectivity index (χ0v) is 21.2. The van der Waals surface area contributed by atoms with Crippen LogP contribution in [0.5, 0.6) is 5.75 Å². The van der Waals surface area contributed by atoms with Gasteiger partial charge in [0.05, 0.1) is 28.8 Å². The number of benzene rings is 2. The third-order valence-electron chi connectivity index (χ3n) is 5.96. The van der Waals surface area contributed by atoms with E-state index in [-0.39, 0.29) is 4.90 Å². The van der Waals surface area contributed by atoms with Crippen molar-refractivity contribution in [2.45, 2.75) is 31.2 Å². The Kier molecular flexibility index (Phi) is 7.51. The maximum absolute atomic E-state index is 13.0. The Labute approximate surface area is 203 Å². The third kappa shape index (κ3) is 5.10. The van der Waals surface area contributed by atoms with Crippen molar-refractivity contribution in [2.24, 2.45) is 10.9 Å². The van der Waals surface area contributed by atoms with E-state index in [0.717, 1.165) is 28.8 Å². The number of methoxy groups -OCH3 is 2. The second-order valence-electron chi connectivity index (χ2n) is 8.41. The average Bonchev–Trinajstić information content (AvgIpc) is 3.18. The van der Waals surface area contributed by atoms with Crippen LogP contribution in [0.3, 0.4) is 0 Å². The number of carbonyl (C=O) groups excluding carboxylic acids is 1. The Morgan fingerprint density at radius 3 is 2.62 bits per heavy atom. The number of ether oxygens (including phenoxy) is 2. The van der Waals surface area contributed by atoms with Gasteiger partial charge in [-0.05, 0) is 61.2 Å². The Morgan fingerprint density at radius 2 is 1.94 bits per heavy atom. The molecule has 1 saturated heterocycles. The Hall–Kier alpha value is -2.53. The minimum Gasteiger partial charge on any atom is -0.497 e. The van der Waals surface area contributed by atoms with Gasteiger partial charge in [-0.15, -0.1) is 0 Å². The number of thiazole rings is 1. The lowest BCUT2D eigenvalue weighted by Crippen LogP contribution is -2.39. The predicted octanol–water partition coefficient (Wildman–Crippen LogP) is 3.52. The molecule has 0 unspecified atom stereocenters. The van der Waals surface area contributed by atoms with E-state index in [1.165, 1.54) is 39.9 Å². The van der Waals surface area contributed by atoms with Crippen LogP contribution in [-0.2, 0) is 21.3 Å². The van der Waals surface area contributed by atoms with Gasteiger partial charge < -0.3 is 14.0 Å². The molecule has 34 heavy (non-hydrogen) atoms. The molecular formula is C24H29N3O5S2. The second-order valence-corrected chi connectivity index (χ2v) is 11.4. The van der Waals surface area contributed by atoms with Crippen molar-refractivity contribution in [3.63, 3.8) is 0 Å². The molecule has 1 atom stereocenters. The van der Waals surface area contributed by atoms with Crippen LogP contribution < -0.4 is 9.54 Å². The molecule has 0 saturated carbocycles. The topological polar surface area (TPSA) is 90.2 Å². The molecule has 1 fully saturated rings. The van der Waals surface area contributed by atoms with E-state index in [0.29, 0.717) is 42.5 Å². The van der Waals surface area contributed by atoms with Crippen LogP contribution in [0.4, 0.5) is 0 Å². The summed E-state index contributed by atoms with van der Waals surface area (Å²) in [6, 6.07) is 11.8. The molecule has 8 nitrogen and oxygen atoms in total. The number of hydrogen-bond acceptors (Lipinski definition) is 6. The van der Waals surface area contributed by atoms with E-state index in [9.17, 15) is 13.2 Å². The van der Waals surface area contributed by atoms with Gasteiger partial charge in [-0.1, -0.05) is 18.3 Å². The van der Waals surface area contributed by atoms with Gasteiger partial charge in [0, 0.05) is 32.3 Å². The normalized spacial score (nSPS) is 17.9. The van der Waals surface area contributed by atoms with Crippen LogP contribution in [-0.4, -0.2) is 57.1 Å². The molecule has 1 aliphatic rings. The van der Waals surface area contributed by atoms with Crippen molar-refractivity contribution in [3.05, 3.63) is 52.8 Å². The molecule has 10 heteroatoms. The molecule has 1 amide bonds. The lowest BCUT2D eigenvalue weighted by Gasteiger charge is -2.30. The monoisotopic (exact) mass is 503 g/mol. The highest BCUT2D eigenvalue weighted by Gasteiger charge is 2.28. The van der Waals surface area contributed by atoms with Crippen LogP contribution >= 0.6 is 11.3 Å². The fourth-order valence-corrected chi connectivity index (χ4v) is 6.78. The van der Waals surface area contributed by atoms with E-state index >= 15 is 0 Å². The summed E-state index contributed by atoms with van der Waals surface area (Å²) in [7, 11) is -0.339. The number of hydrogen-bond donors (Lipinski definition) is 0. The second kappa shape index (κ2) is 10.4. The summed E-state index contributed by atoms with van der Waals surface area (Å²) in [5.41, 5.74) is 1.27. The number of fused-ring (bicyclic) bond motifs is 1. The van der Waals surface area contributed by atoms with Crippen molar-refractivity contribution >= 4 is 37.5 Å². The lowest BCUT2D eigenvalue weighted by atomic mass is 10.0. The van der Waals surface area contributed by atoms with E-state index in [1.807, 2.05) is 22.8 Å². The third-order valence-corrected chi connectivity index (χ3v) is 8.89. The first kappa shape index (κ1) is 24.6. The van der Waals surface area contributed by atoms with Crippen LogP contribution in [0.1, 0.15) is 30.1 Å².